The summed E-state index contributed by atoms with van der Waals surface area (Å²) in [5.74, 6) is 0.864. The second-order valence-corrected chi connectivity index (χ2v) is 5.45. The lowest BCUT2D eigenvalue weighted by Gasteiger charge is -2.20. The number of aryl methyl sites for hydroxylation is 2. The SMILES string of the molecule is CCC(C)CN(C)CC(=O)c1cc(C)ccc1C. The van der Waals surface area contributed by atoms with Gasteiger partial charge in [0.25, 0.3) is 0 Å². The first-order chi connectivity index (χ1) is 8.43. The largest absolute Gasteiger partial charge is 0.299 e. The molecule has 1 atom stereocenters. The monoisotopic (exact) mass is 247 g/mol. The molecule has 0 bridgehead atoms. The van der Waals surface area contributed by atoms with E-state index in [1.165, 1.54) is 0 Å². The zero-order valence-electron chi connectivity index (χ0n) is 12.3. The summed E-state index contributed by atoms with van der Waals surface area (Å²) in [6.07, 6.45) is 1.15. The van der Waals surface area contributed by atoms with E-state index in [9.17, 15) is 4.79 Å². The highest BCUT2D eigenvalue weighted by molar-refractivity contribution is 5.99. The Labute approximate surface area is 111 Å². The second-order valence-electron chi connectivity index (χ2n) is 5.45. The van der Waals surface area contributed by atoms with Crippen molar-refractivity contribution in [3.05, 3.63) is 34.9 Å². The van der Waals surface area contributed by atoms with Crippen LogP contribution in [0.4, 0.5) is 0 Å². The maximum Gasteiger partial charge on any atom is 0.177 e. The first-order valence-electron chi connectivity index (χ1n) is 6.73. The number of carbonyl (C=O) groups excluding carboxylic acids is 1. The van der Waals surface area contributed by atoms with Crippen molar-refractivity contribution in [1.29, 1.82) is 0 Å². The van der Waals surface area contributed by atoms with Gasteiger partial charge in [0, 0.05) is 12.1 Å². The number of rotatable bonds is 6. The van der Waals surface area contributed by atoms with Gasteiger partial charge in [-0.05, 0) is 38.4 Å². The quantitative estimate of drug-likeness (QED) is 0.717. The molecule has 100 valence electrons. The lowest BCUT2D eigenvalue weighted by Crippen LogP contribution is -2.30. The Bertz CT molecular complexity index is 412. The van der Waals surface area contributed by atoms with Crippen molar-refractivity contribution in [3.63, 3.8) is 0 Å². The maximum absolute atomic E-state index is 12.3. The normalized spacial score (nSPS) is 12.8. The van der Waals surface area contributed by atoms with Crippen LogP contribution in [0.3, 0.4) is 0 Å². The van der Waals surface area contributed by atoms with Crippen LogP contribution in [-0.2, 0) is 0 Å². The van der Waals surface area contributed by atoms with Crippen molar-refractivity contribution in [3.8, 4) is 0 Å². The molecular formula is C16H25NO. The van der Waals surface area contributed by atoms with E-state index in [0.717, 1.165) is 29.7 Å². The molecule has 0 spiro atoms. The number of nitrogens with zero attached hydrogens (tertiary/aromatic N) is 1. The van der Waals surface area contributed by atoms with Gasteiger partial charge in [-0.3, -0.25) is 9.69 Å². The highest BCUT2D eigenvalue weighted by Crippen LogP contribution is 2.12. The Hall–Kier alpha value is -1.15. The van der Waals surface area contributed by atoms with Crippen molar-refractivity contribution >= 4 is 5.78 Å². The third-order valence-corrected chi connectivity index (χ3v) is 3.43. The Morgan fingerprint density at radius 2 is 2.00 bits per heavy atom. The summed E-state index contributed by atoms with van der Waals surface area (Å²) in [6, 6.07) is 6.07. The fourth-order valence-corrected chi connectivity index (χ4v) is 2.09. The molecular weight excluding hydrogens is 222 g/mol. The molecule has 0 N–H and O–H groups in total. The van der Waals surface area contributed by atoms with Crippen molar-refractivity contribution in [1.82, 2.24) is 4.90 Å². The number of benzene rings is 1. The van der Waals surface area contributed by atoms with E-state index in [4.69, 9.17) is 0 Å². The third-order valence-electron chi connectivity index (χ3n) is 3.43. The Balaban J connectivity index is 2.67. The van der Waals surface area contributed by atoms with Crippen LogP contribution in [0.25, 0.3) is 0 Å². The third kappa shape index (κ3) is 4.26. The molecule has 0 aliphatic rings. The van der Waals surface area contributed by atoms with Crippen LogP contribution < -0.4 is 0 Å². The summed E-state index contributed by atoms with van der Waals surface area (Å²) >= 11 is 0. The molecule has 0 heterocycles. The van der Waals surface area contributed by atoms with Crippen LogP contribution in [0.15, 0.2) is 18.2 Å². The number of hydrogen-bond donors (Lipinski definition) is 0. The van der Waals surface area contributed by atoms with Gasteiger partial charge in [-0.15, -0.1) is 0 Å². The number of carbonyl (C=O) groups is 1. The molecule has 2 nitrogen and oxygen atoms in total. The first-order valence-corrected chi connectivity index (χ1v) is 6.73. The van der Waals surface area contributed by atoms with Gasteiger partial charge < -0.3 is 0 Å². The van der Waals surface area contributed by atoms with Crippen LogP contribution in [0.1, 0.15) is 41.8 Å². The first kappa shape index (κ1) is 14.9. The molecule has 1 aromatic rings. The predicted octanol–water partition coefficient (Wildman–Crippen LogP) is 3.46. The van der Waals surface area contributed by atoms with Crippen LogP contribution >= 0.6 is 0 Å². The van der Waals surface area contributed by atoms with Crippen molar-refractivity contribution < 1.29 is 4.79 Å². The molecule has 18 heavy (non-hydrogen) atoms. The number of likely N-dealkylation sites (N-methyl/N-ethyl adjacent to an activating group) is 1. The smallest absolute Gasteiger partial charge is 0.177 e. The van der Waals surface area contributed by atoms with Crippen molar-refractivity contribution in [2.45, 2.75) is 34.1 Å². The maximum atomic E-state index is 12.3. The van der Waals surface area contributed by atoms with E-state index in [1.54, 1.807) is 0 Å². The highest BCUT2D eigenvalue weighted by Gasteiger charge is 2.13. The number of ketones is 1. The summed E-state index contributed by atoms with van der Waals surface area (Å²) in [5, 5.41) is 0. The summed E-state index contributed by atoms with van der Waals surface area (Å²) in [7, 11) is 2.02. The van der Waals surface area contributed by atoms with Crippen molar-refractivity contribution in [2.75, 3.05) is 20.1 Å². The van der Waals surface area contributed by atoms with E-state index in [-0.39, 0.29) is 5.78 Å². The minimum Gasteiger partial charge on any atom is -0.299 e. The Morgan fingerprint density at radius 3 is 2.61 bits per heavy atom. The molecule has 0 amide bonds. The molecule has 0 fully saturated rings. The number of Topliss-reactive ketones (excluding diaryl/α,β-unsaturated/α-hetero) is 1. The topological polar surface area (TPSA) is 20.3 Å². The molecule has 0 saturated heterocycles. The molecule has 0 aliphatic carbocycles. The Kier molecular flexibility index (Phi) is 5.54. The van der Waals surface area contributed by atoms with Gasteiger partial charge in [0.05, 0.1) is 6.54 Å². The predicted molar refractivity (Wildman–Crippen MR) is 77.2 cm³/mol. The van der Waals surface area contributed by atoms with Gasteiger partial charge in [0.2, 0.25) is 0 Å². The Morgan fingerprint density at radius 1 is 1.33 bits per heavy atom. The molecule has 0 saturated carbocycles. The van der Waals surface area contributed by atoms with Gasteiger partial charge in [-0.2, -0.15) is 0 Å². The minimum absolute atomic E-state index is 0.224. The van der Waals surface area contributed by atoms with Gasteiger partial charge in [-0.1, -0.05) is 38.0 Å². The fraction of sp³-hybridized carbons (Fsp3) is 0.562. The molecule has 1 rings (SSSR count). The summed E-state index contributed by atoms with van der Waals surface area (Å²) < 4.78 is 0. The zero-order valence-corrected chi connectivity index (χ0v) is 12.3. The molecule has 2 heteroatoms. The summed E-state index contributed by atoms with van der Waals surface area (Å²) in [6.45, 7) is 9.92. The van der Waals surface area contributed by atoms with E-state index < -0.39 is 0 Å². The van der Waals surface area contributed by atoms with Gasteiger partial charge >= 0.3 is 0 Å². The van der Waals surface area contributed by atoms with Crippen molar-refractivity contribution in [2.24, 2.45) is 5.92 Å². The zero-order chi connectivity index (χ0) is 13.7. The summed E-state index contributed by atoms with van der Waals surface area (Å²) in [4.78, 5) is 14.4. The van der Waals surface area contributed by atoms with Gasteiger partial charge in [0.1, 0.15) is 0 Å². The van der Waals surface area contributed by atoms with Gasteiger partial charge in [0.15, 0.2) is 5.78 Å². The average Bonchev–Trinajstić information content (AvgIpc) is 2.31. The standard InChI is InChI=1S/C16H25NO/c1-6-12(2)10-17(5)11-16(18)15-9-13(3)7-8-14(15)4/h7-9,12H,6,10-11H2,1-5H3. The molecule has 0 radical (unpaired) electrons. The van der Waals surface area contributed by atoms with Crippen LogP contribution in [0.5, 0.6) is 0 Å². The number of hydrogen-bond acceptors (Lipinski definition) is 2. The molecule has 1 unspecified atom stereocenters. The van der Waals surface area contributed by atoms with Crippen LogP contribution in [0, 0.1) is 19.8 Å². The van der Waals surface area contributed by atoms with Gasteiger partial charge in [-0.25, -0.2) is 0 Å². The van der Waals surface area contributed by atoms with E-state index >= 15 is 0 Å². The average molecular weight is 247 g/mol. The second kappa shape index (κ2) is 6.69. The van der Waals surface area contributed by atoms with E-state index in [0.29, 0.717) is 12.5 Å². The highest BCUT2D eigenvalue weighted by atomic mass is 16.1. The molecule has 0 aliphatic heterocycles. The molecule has 1 aromatic carbocycles. The lowest BCUT2D eigenvalue weighted by atomic mass is 10.0. The van der Waals surface area contributed by atoms with Crippen LogP contribution in [-0.4, -0.2) is 30.8 Å². The summed E-state index contributed by atoms with van der Waals surface area (Å²) in [5.41, 5.74) is 3.09. The fourth-order valence-electron chi connectivity index (χ4n) is 2.09. The van der Waals surface area contributed by atoms with Crippen LogP contribution in [0.2, 0.25) is 0 Å². The van der Waals surface area contributed by atoms with E-state index in [1.807, 2.05) is 33.0 Å². The lowest BCUT2D eigenvalue weighted by molar-refractivity contribution is 0.0938. The molecule has 0 aromatic heterocycles. The minimum atomic E-state index is 0.224. The van der Waals surface area contributed by atoms with E-state index in [2.05, 4.69) is 24.8 Å².